The van der Waals surface area contributed by atoms with Gasteiger partial charge in [0.1, 0.15) is 0 Å². The molecule has 0 aliphatic carbocycles. The minimum atomic E-state index is 0.526. The number of piperidine rings is 1. The number of likely N-dealkylation sites (tertiary alicyclic amines) is 1. The van der Waals surface area contributed by atoms with E-state index in [-0.39, 0.29) is 0 Å². The molecular weight excluding hydrogens is 333 g/mol. The Labute approximate surface area is 146 Å². The third-order valence-corrected chi connectivity index (χ3v) is 4.75. The van der Waals surface area contributed by atoms with Gasteiger partial charge < -0.3 is 9.42 Å². The van der Waals surface area contributed by atoms with Crippen molar-refractivity contribution in [2.75, 3.05) is 19.6 Å². The molecule has 0 radical (unpaired) electrons. The van der Waals surface area contributed by atoms with E-state index in [1.54, 1.807) is 12.1 Å². The highest BCUT2D eigenvalue weighted by Gasteiger charge is 2.13. The molecule has 1 aliphatic rings. The minimum absolute atomic E-state index is 0.526. The zero-order valence-corrected chi connectivity index (χ0v) is 14.6. The van der Waals surface area contributed by atoms with E-state index in [1.165, 1.54) is 45.3 Å². The number of rotatable bonds is 6. The summed E-state index contributed by atoms with van der Waals surface area (Å²) >= 11 is 12.1. The quantitative estimate of drug-likeness (QED) is 0.696. The first kappa shape index (κ1) is 16.7. The number of hydrogen-bond donors (Lipinski definition) is 0. The van der Waals surface area contributed by atoms with E-state index in [9.17, 15) is 0 Å². The molecule has 0 saturated carbocycles. The Hall–Kier alpha value is -1.10. The summed E-state index contributed by atoms with van der Waals surface area (Å²) in [6, 6.07) is 5.28. The molecule has 0 spiro atoms. The first-order valence-electron chi connectivity index (χ1n) is 8.23. The van der Waals surface area contributed by atoms with Gasteiger partial charge in [0, 0.05) is 17.0 Å². The molecule has 1 aromatic heterocycles. The van der Waals surface area contributed by atoms with Gasteiger partial charge >= 0.3 is 0 Å². The van der Waals surface area contributed by atoms with Crippen molar-refractivity contribution in [3.63, 3.8) is 0 Å². The van der Waals surface area contributed by atoms with Gasteiger partial charge in [-0.05, 0) is 63.5 Å². The van der Waals surface area contributed by atoms with Crippen LogP contribution in [0.1, 0.15) is 38.0 Å². The Morgan fingerprint density at radius 2 is 1.91 bits per heavy atom. The first-order valence-corrected chi connectivity index (χ1v) is 8.98. The topological polar surface area (TPSA) is 42.2 Å². The Balaban J connectivity index is 1.49. The molecule has 3 rings (SSSR count). The van der Waals surface area contributed by atoms with Crippen LogP contribution in [-0.2, 0) is 6.42 Å². The smallest absolute Gasteiger partial charge is 0.226 e. The lowest BCUT2D eigenvalue weighted by molar-refractivity contribution is 0.224. The van der Waals surface area contributed by atoms with Crippen LogP contribution in [0, 0.1) is 0 Å². The Kier molecular flexibility index (Phi) is 5.92. The van der Waals surface area contributed by atoms with Crippen molar-refractivity contribution < 1.29 is 4.52 Å². The fraction of sp³-hybridized carbons (Fsp3) is 0.529. The zero-order chi connectivity index (χ0) is 16.1. The van der Waals surface area contributed by atoms with Gasteiger partial charge in [0.05, 0.1) is 5.02 Å². The maximum atomic E-state index is 6.17. The Bertz CT molecular complexity index is 639. The molecule has 1 saturated heterocycles. The SMILES string of the molecule is Clc1ccc(-c2noc(CCCCN3CCCCC3)n2)c(Cl)c1. The molecule has 6 heteroatoms. The average molecular weight is 354 g/mol. The van der Waals surface area contributed by atoms with Crippen LogP contribution in [0.15, 0.2) is 22.7 Å². The number of hydrogen-bond acceptors (Lipinski definition) is 4. The molecule has 1 fully saturated rings. The van der Waals surface area contributed by atoms with Gasteiger partial charge in [-0.1, -0.05) is 34.8 Å². The third-order valence-electron chi connectivity index (χ3n) is 4.20. The fourth-order valence-corrected chi connectivity index (χ4v) is 3.42. The summed E-state index contributed by atoms with van der Waals surface area (Å²) in [6.07, 6.45) is 7.11. The summed E-state index contributed by atoms with van der Waals surface area (Å²) in [6.45, 7) is 3.67. The Morgan fingerprint density at radius 3 is 2.70 bits per heavy atom. The molecule has 0 bridgehead atoms. The second-order valence-electron chi connectivity index (χ2n) is 6.00. The molecule has 1 aromatic carbocycles. The van der Waals surface area contributed by atoms with Crippen molar-refractivity contribution in [2.45, 2.75) is 38.5 Å². The molecule has 124 valence electrons. The maximum absolute atomic E-state index is 6.17. The highest BCUT2D eigenvalue weighted by atomic mass is 35.5. The van der Waals surface area contributed by atoms with Crippen LogP contribution < -0.4 is 0 Å². The predicted octanol–water partition coefficient (Wildman–Crippen LogP) is 4.85. The number of nitrogens with zero attached hydrogens (tertiary/aromatic N) is 3. The van der Waals surface area contributed by atoms with E-state index in [1.807, 2.05) is 6.07 Å². The predicted molar refractivity (Wildman–Crippen MR) is 93.0 cm³/mol. The number of aryl methyl sites for hydroxylation is 1. The molecule has 1 aliphatic heterocycles. The van der Waals surface area contributed by atoms with Crippen LogP contribution >= 0.6 is 23.2 Å². The van der Waals surface area contributed by atoms with Crippen molar-refractivity contribution in [1.29, 1.82) is 0 Å². The summed E-state index contributed by atoms with van der Waals surface area (Å²) in [4.78, 5) is 6.99. The summed E-state index contributed by atoms with van der Waals surface area (Å²) in [5.41, 5.74) is 0.749. The second kappa shape index (κ2) is 8.13. The van der Waals surface area contributed by atoms with Gasteiger partial charge in [-0.15, -0.1) is 0 Å². The molecule has 0 amide bonds. The van der Waals surface area contributed by atoms with E-state index in [0.29, 0.717) is 21.8 Å². The third kappa shape index (κ3) is 4.69. The van der Waals surface area contributed by atoms with E-state index in [4.69, 9.17) is 27.7 Å². The van der Waals surface area contributed by atoms with Crippen molar-refractivity contribution >= 4 is 23.2 Å². The standard InChI is InChI=1S/C17H21Cl2N3O/c18-13-7-8-14(15(19)12-13)17-20-16(23-21-17)6-2-5-11-22-9-3-1-4-10-22/h7-8,12H,1-6,9-11H2. The van der Waals surface area contributed by atoms with Crippen molar-refractivity contribution in [1.82, 2.24) is 15.0 Å². The van der Waals surface area contributed by atoms with Crippen molar-refractivity contribution in [3.05, 3.63) is 34.1 Å². The second-order valence-corrected chi connectivity index (χ2v) is 6.84. The molecule has 4 nitrogen and oxygen atoms in total. The lowest BCUT2D eigenvalue weighted by Gasteiger charge is -2.26. The summed E-state index contributed by atoms with van der Waals surface area (Å²) in [5, 5.41) is 5.16. The fourth-order valence-electron chi connectivity index (χ4n) is 2.93. The number of halogens is 2. The number of aromatic nitrogens is 2. The van der Waals surface area contributed by atoms with Gasteiger partial charge in [0.2, 0.25) is 11.7 Å². The van der Waals surface area contributed by atoms with E-state index in [0.717, 1.165) is 18.4 Å². The molecular formula is C17H21Cl2N3O. The van der Waals surface area contributed by atoms with Gasteiger partial charge in [-0.2, -0.15) is 4.98 Å². The molecule has 0 N–H and O–H groups in total. The van der Waals surface area contributed by atoms with E-state index in [2.05, 4.69) is 15.0 Å². The van der Waals surface area contributed by atoms with Crippen LogP contribution in [0.25, 0.3) is 11.4 Å². The van der Waals surface area contributed by atoms with Crippen LogP contribution in [0.2, 0.25) is 10.0 Å². The van der Waals surface area contributed by atoms with E-state index >= 15 is 0 Å². The first-order chi connectivity index (χ1) is 11.2. The van der Waals surface area contributed by atoms with Gasteiger partial charge in [0.15, 0.2) is 0 Å². The van der Waals surface area contributed by atoms with Gasteiger partial charge in [-0.3, -0.25) is 0 Å². The molecule has 2 heterocycles. The minimum Gasteiger partial charge on any atom is -0.339 e. The van der Waals surface area contributed by atoms with Crippen molar-refractivity contribution in [2.24, 2.45) is 0 Å². The molecule has 0 unspecified atom stereocenters. The average Bonchev–Trinajstić information content (AvgIpc) is 3.01. The lowest BCUT2D eigenvalue weighted by atomic mass is 10.1. The number of benzene rings is 1. The summed E-state index contributed by atoms with van der Waals surface area (Å²) in [5.74, 6) is 1.20. The van der Waals surface area contributed by atoms with Crippen LogP contribution in [0.5, 0.6) is 0 Å². The van der Waals surface area contributed by atoms with Gasteiger partial charge in [0.25, 0.3) is 0 Å². The normalized spacial score (nSPS) is 15.9. The van der Waals surface area contributed by atoms with Crippen LogP contribution in [0.4, 0.5) is 0 Å². The maximum Gasteiger partial charge on any atom is 0.226 e. The summed E-state index contributed by atoms with van der Waals surface area (Å²) in [7, 11) is 0. The Morgan fingerprint density at radius 1 is 1.09 bits per heavy atom. The molecule has 2 aromatic rings. The van der Waals surface area contributed by atoms with Crippen LogP contribution in [0.3, 0.4) is 0 Å². The zero-order valence-electron chi connectivity index (χ0n) is 13.1. The van der Waals surface area contributed by atoms with Crippen LogP contribution in [-0.4, -0.2) is 34.7 Å². The summed E-state index contributed by atoms with van der Waals surface area (Å²) < 4.78 is 5.33. The highest BCUT2D eigenvalue weighted by molar-refractivity contribution is 6.36. The largest absolute Gasteiger partial charge is 0.339 e. The highest BCUT2D eigenvalue weighted by Crippen LogP contribution is 2.28. The molecule has 23 heavy (non-hydrogen) atoms. The van der Waals surface area contributed by atoms with E-state index < -0.39 is 0 Å². The van der Waals surface area contributed by atoms with Crippen molar-refractivity contribution in [3.8, 4) is 11.4 Å². The molecule has 0 atom stereocenters. The lowest BCUT2D eigenvalue weighted by Crippen LogP contribution is -2.30. The monoisotopic (exact) mass is 353 g/mol. The number of unbranched alkanes of at least 4 members (excludes halogenated alkanes) is 1. The van der Waals surface area contributed by atoms with Gasteiger partial charge in [-0.25, -0.2) is 0 Å².